The van der Waals surface area contributed by atoms with E-state index in [1.807, 2.05) is 0 Å². The zero-order chi connectivity index (χ0) is 24.0. The third kappa shape index (κ3) is 8.84. The van der Waals surface area contributed by atoms with E-state index in [2.05, 4.69) is 9.47 Å². The lowest BCUT2D eigenvalue weighted by Gasteiger charge is -2.11. The van der Waals surface area contributed by atoms with Gasteiger partial charge in [-0.15, -0.1) is 26.3 Å². The Labute approximate surface area is 172 Å². The van der Waals surface area contributed by atoms with Crippen LogP contribution in [0.2, 0.25) is 0 Å². The lowest BCUT2D eigenvalue weighted by Crippen LogP contribution is -2.17. The molecule has 1 N–H and O–H groups in total. The molecule has 170 valence electrons. The van der Waals surface area contributed by atoms with Crippen LogP contribution in [0, 0.1) is 0 Å². The van der Waals surface area contributed by atoms with Crippen molar-refractivity contribution in [3.8, 4) is 23.0 Å². The molecule has 0 saturated heterocycles. The number of carbonyl (C=O) groups is 2. The molecule has 0 aromatic heterocycles. The number of phenols is 1. The highest BCUT2D eigenvalue weighted by atomic mass is 19.4. The van der Waals surface area contributed by atoms with Crippen LogP contribution in [0.5, 0.6) is 23.0 Å². The second-order valence-electron chi connectivity index (χ2n) is 5.75. The number of ketones is 2. The van der Waals surface area contributed by atoms with Gasteiger partial charge in [-0.25, -0.2) is 0 Å². The van der Waals surface area contributed by atoms with Crippen LogP contribution in [0.3, 0.4) is 0 Å². The minimum Gasteiger partial charge on any atom is -0.507 e. The predicted molar refractivity (Wildman–Crippen MR) is 94.5 cm³/mol. The molecule has 0 spiro atoms. The SMILES string of the molecule is CC(=O)c1ccc(OC(F)(F)F)cc1O.COc1cc(OC(F)(F)F)ccc1C(C)=O. The van der Waals surface area contributed by atoms with Crippen LogP contribution in [0.25, 0.3) is 0 Å². The second kappa shape index (κ2) is 10.0. The Bertz CT molecular complexity index is 936. The first-order valence-corrected chi connectivity index (χ1v) is 8.17. The van der Waals surface area contributed by atoms with Crippen LogP contribution < -0.4 is 14.2 Å². The number of Topliss-reactive ketones (excluding diaryl/α,β-unsaturated/α-hetero) is 2. The van der Waals surface area contributed by atoms with Crippen LogP contribution in [0.1, 0.15) is 34.6 Å². The fraction of sp³-hybridized carbons (Fsp3) is 0.263. The Hall–Kier alpha value is -3.44. The minimum absolute atomic E-state index is 0.0502. The molecule has 0 bridgehead atoms. The van der Waals surface area contributed by atoms with E-state index in [1.165, 1.54) is 27.0 Å². The molecule has 0 amide bonds. The van der Waals surface area contributed by atoms with Crippen LogP contribution in [0.15, 0.2) is 36.4 Å². The van der Waals surface area contributed by atoms with E-state index < -0.39 is 35.8 Å². The van der Waals surface area contributed by atoms with Crippen LogP contribution >= 0.6 is 0 Å². The maximum atomic E-state index is 11.9. The summed E-state index contributed by atoms with van der Waals surface area (Å²) in [6.07, 6.45) is -9.58. The first kappa shape index (κ1) is 25.6. The zero-order valence-corrected chi connectivity index (χ0v) is 16.2. The number of carbonyl (C=O) groups excluding carboxylic acids is 2. The monoisotopic (exact) mass is 454 g/mol. The first-order chi connectivity index (χ1) is 14.1. The van der Waals surface area contributed by atoms with Crippen LogP contribution in [0.4, 0.5) is 26.3 Å². The van der Waals surface area contributed by atoms with Gasteiger partial charge in [0.1, 0.15) is 23.0 Å². The molecule has 0 aliphatic carbocycles. The average molecular weight is 454 g/mol. The number of aromatic hydroxyl groups is 1. The van der Waals surface area contributed by atoms with Crippen molar-refractivity contribution < 1.29 is 55.2 Å². The summed E-state index contributed by atoms with van der Waals surface area (Å²) in [5.74, 6) is -2.21. The number of rotatable bonds is 5. The highest BCUT2D eigenvalue weighted by Gasteiger charge is 2.32. The Kier molecular flexibility index (Phi) is 8.29. The van der Waals surface area contributed by atoms with E-state index in [1.54, 1.807) is 0 Å². The second-order valence-corrected chi connectivity index (χ2v) is 5.75. The summed E-state index contributed by atoms with van der Waals surface area (Å²) >= 11 is 0. The fourth-order valence-corrected chi connectivity index (χ4v) is 2.17. The van der Waals surface area contributed by atoms with Gasteiger partial charge < -0.3 is 19.3 Å². The number of benzene rings is 2. The lowest BCUT2D eigenvalue weighted by molar-refractivity contribution is -0.275. The molecule has 0 atom stereocenters. The van der Waals surface area contributed by atoms with E-state index in [0.29, 0.717) is 0 Å². The van der Waals surface area contributed by atoms with Gasteiger partial charge >= 0.3 is 12.7 Å². The molecule has 31 heavy (non-hydrogen) atoms. The summed E-state index contributed by atoms with van der Waals surface area (Å²) < 4.78 is 83.0. The molecule has 0 aliphatic heterocycles. The molecule has 6 nitrogen and oxygen atoms in total. The Morgan fingerprint density at radius 1 is 0.774 bits per heavy atom. The normalized spacial score (nSPS) is 11.1. The van der Waals surface area contributed by atoms with Crippen molar-refractivity contribution >= 4 is 11.6 Å². The molecule has 2 rings (SSSR count). The van der Waals surface area contributed by atoms with Gasteiger partial charge in [0.25, 0.3) is 0 Å². The summed E-state index contributed by atoms with van der Waals surface area (Å²) in [5, 5.41) is 9.19. The number of halogens is 6. The van der Waals surface area contributed by atoms with Crippen molar-refractivity contribution in [2.45, 2.75) is 26.6 Å². The number of ether oxygens (including phenoxy) is 3. The molecule has 0 aliphatic rings. The summed E-state index contributed by atoms with van der Waals surface area (Å²) in [4.78, 5) is 21.9. The maximum absolute atomic E-state index is 11.9. The van der Waals surface area contributed by atoms with Crippen molar-refractivity contribution in [1.82, 2.24) is 0 Å². The van der Waals surface area contributed by atoms with Gasteiger partial charge in [0.05, 0.1) is 18.2 Å². The Balaban J connectivity index is 0.000000311. The van der Waals surface area contributed by atoms with Gasteiger partial charge in [-0.1, -0.05) is 0 Å². The number of methoxy groups -OCH3 is 1. The van der Waals surface area contributed by atoms with Crippen molar-refractivity contribution in [3.05, 3.63) is 47.5 Å². The molecular formula is C19H16F6O6. The molecule has 2 aromatic carbocycles. The number of hydrogen-bond acceptors (Lipinski definition) is 6. The standard InChI is InChI=1S/C10H9F3O3.C9H7F3O3/c1-6(14)8-4-3-7(5-9(8)15-2)16-10(11,12)13;1-5(13)7-3-2-6(4-8(7)14)15-9(10,11)12/h3-5H,1-2H3;2-4,14H,1H3. The number of hydrogen-bond donors (Lipinski definition) is 1. The lowest BCUT2D eigenvalue weighted by atomic mass is 10.1. The Morgan fingerprint density at radius 2 is 1.19 bits per heavy atom. The minimum atomic E-state index is -4.82. The van der Waals surface area contributed by atoms with Gasteiger partial charge in [0.2, 0.25) is 0 Å². The number of phenolic OH excluding ortho intramolecular Hbond substituents is 1. The van der Waals surface area contributed by atoms with Gasteiger partial charge in [-0.05, 0) is 38.1 Å². The van der Waals surface area contributed by atoms with Gasteiger partial charge in [0.15, 0.2) is 11.6 Å². The molecule has 0 saturated carbocycles. The molecule has 0 heterocycles. The Morgan fingerprint density at radius 3 is 1.55 bits per heavy atom. The van der Waals surface area contributed by atoms with Crippen LogP contribution in [-0.2, 0) is 0 Å². The predicted octanol–water partition coefficient (Wildman–Crippen LogP) is 5.29. The largest absolute Gasteiger partial charge is 0.573 e. The molecule has 0 radical (unpaired) electrons. The quantitative estimate of drug-likeness (QED) is 0.489. The smallest absolute Gasteiger partial charge is 0.507 e. The van der Waals surface area contributed by atoms with E-state index in [9.17, 15) is 41.0 Å². The topological polar surface area (TPSA) is 82.1 Å². The summed E-state index contributed by atoms with van der Waals surface area (Å²) in [7, 11) is 1.26. The highest BCUT2D eigenvalue weighted by Crippen LogP contribution is 2.30. The van der Waals surface area contributed by atoms with Crippen molar-refractivity contribution in [3.63, 3.8) is 0 Å². The molecule has 0 unspecified atom stereocenters. The average Bonchev–Trinajstić information content (AvgIpc) is 2.58. The molecule has 2 aromatic rings. The van der Waals surface area contributed by atoms with Crippen LogP contribution in [-0.4, -0.2) is 36.5 Å². The number of alkyl halides is 6. The summed E-state index contributed by atoms with van der Waals surface area (Å²) in [5.41, 5.74) is 0.154. The third-order valence-electron chi connectivity index (χ3n) is 3.37. The molecule has 0 fully saturated rings. The van der Waals surface area contributed by atoms with Crippen molar-refractivity contribution in [2.75, 3.05) is 7.11 Å². The summed E-state index contributed by atoms with van der Waals surface area (Å²) in [6, 6.07) is 6.08. The van der Waals surface area contributed by atoms with Crippen molar-refractivity contribution in [2.24, 2.45) is 0 Å². The van der Waals surface area contributed by atoms with E-state index >= 15 is 0 Å². The van der Waals surface area contributed by atoms with E-state index in [-0.39, 0.29) is 22.7 Å². The van der Waals surface area contributed by atoms with E-state index in [4.69, 9.17) is 4.74 Å². The summed E-state index contributed by atoms with van der Waals surface area (Å²) in [6.45, 7) is 2.49. The maximum Gasteiger partial charge on any atom is 0.573 e. The first-order valence-electron chi connectivity index (χ1n) is 8.17. The van der Waals surface area contributed by atoms with Crippen molar-refractivity contribution in [1.29, 1.82) is 0 Å². The highest BCUT2D eigenvalue weighted by molar-refractivity contribution is 5.97. The third-order valence-corrected chi connectivity index (χ3v) is 3.37. The molecular weight excluding hydrogens is 438 g/mol. The molecule has 12 heteroatoms. The van der Waals surface area contributed by atoms with Gasteiger partial charge in [-0.2, -0.15) is 0 Å². The zero-order valence-electron chi connectivity index (χ0n) is 16.2. The fourth-order valence-electron chi connectivity index (χ4n) is 2.17. The van der Waals surface area contributed by atoms with E-state index in [0.717, 1.165) is 30.3 Å². The van der Waals surface area contributed by atoms with Gasteiger partial charge in [-0.3, -0.25) is 9.59 Å². The van der Waals surface area contributed by atoms with Gasteiger partial charge in [0, 0.05) is 12.1 Å².